The molecule has 0 saturated heterocycles. The minimum Gasteiger partial charge on any atom is -0.495 e. The van der Waals surface area contributed by atoms with E-state index in [9.17, 15) is 14.4 Å². The van der Waals surface area contributed by atoms with Crippen LogP contribution < -0.4 is 15.9 Å². The second-order valence-corrected chi connectivity index (χ2v) is 11.9. The summed E-state index contributed by atoms with van der Waals surface area (Å²) in [5, 5.41) is 0.920. The number of aromatic nitrogens is 3. The van der Waals surface area contributed by atoms with Crippen LogP contribution >= 0.6 is 35.3 Å². The van der Waals surface area contributed by atoms with E-state index in [4.69, 9.17) is 26.4 Å². The molecule has 0 aliphatic carbocycles. The Morgan fingerprint density at radius 1 is 1.02 bits per heavy atom. The molecular weight excluding hydrogens is 591 g/mol. The van der Waals surface area contributed by atoms with Gasteiger partial charge in [-0.25, -0.2) is 9.78 Å². The van der Waals surface area contributed by atoms with Crippen LogP contribution in [-0.4, -0.2) is 32.8 Å². The number of carbonyl (C=O) groups excluding carboxylic acids is 1. The minimum absolute atomic E-state index is 0.0604. The molecule has 6 aromatic rings. The number of hydrogen-bond donors (Lipinski definition) is 0. The third-order valence-electron chi connectivity index (χ3n) is 6.73. The second-order valence-electron chi connectivity index (χ2n) is 9.31. The number of thioether (sulfide) groups is 1. The van der Waals surface area contributed by atoms with Gasteiger partial charge >= 0.3 is 5.63 Å². The predicted octanol–water partition coefficient (Wildman–Crippen LogP) is 6.31. The van der Waals surface area contributed by atoms with Crippen molar-refractivity contribution in [3.63, 3.8) is 0 Å². The second kappa shape index (κ2) is 11.9. The van der Waals surface area contributed by atoms with Gasteiger partial charge in [0.05, 0.1) is 18.6 Å². The van der Waals surface area contributed by atoms with Gasteiger partial charge in [-0.3, -0.25) is 14.2 Å². The normalized spacial score (nSPS) is 11.3. The Morgan fingerprint density at radius 3 is 2.57 bits per heavy atom. The van der Waals surface area contributed by atoms with Crippen molar-refractivity contribution in [2.24, 2.45) is 0 Å². The van der Waals surface area contributed by atoms with Crippen LogP contribution in [0.5, 0.6) is 5.75 Å². The van der Waals surface area contributed by atoms with E-state index in [1.807, 2.05) is 34.9 Å². The highest BCUT2D eigenvalue weighted by Crippen LogP contribution is 2.29. The number of benzene rings is 3. The molecular formula is C31H23N3O5S3. The topological polar surface area (TPSA) is 96.3 Å². The lowest BCUT2D eigenvalue weighted by molar-refractivity contribution is 0.101. The first-order valence-electron chi connectivity index (χ1n) is 13.0. The van der Waals surface area contributed by atoms with E-state index < -0.39 is 11.4 Å². The highest BCUT2D eigenvalue weighted by atomic mass is 32.2. The van der Waals surface area contributed by atoms with Crippen molar-refractivity contribution in [1.29, 1.82) is 0 Å². The molecule has 0 fully saturated rings. The van der Waals surface area contributed by atoms with Crippen molar-refractivity contribution in [2.75, 3.05) is 12.9 Å². The van der Waals surface area contributed by atoms with E-state index >= 15 is 0 Å². The fourth-order valence-corrected chi connectivity index (χ4v) is 6.84. The summed E-state index contributed by atoms with van der Waals surface area (Å²) in [7, 11) is 1.52. The van der Waals surface area contributed by atoms with Crippen LogP contribution in [0, 0.1) is 3.95 Å². The molecule has 0 saturated carbocycles. The summed E-state index contributed by atoms with van der Waals surface area (Å²) in [6.45, 7) is 0.537. The number of hydrogen-bond acceptors (Lipinski definition) is 9. The number of ether oxygens (including phenoxy) is 1. The number of ketones is 1. The summed E-state index contributed by atoms with van der Waals surface area (Å²) >= 11 is 7.94. The fraction of sp³-hybridized carbons (Fsp3) is 0.129. The first-order chi connectivity index (χ1) is 20.4. The predicted molar refractivity (Wildman–Crippen MR) is 168 cm³/mol. The van der Waals surface area contributed by atoms with Crippen LogP contribution in [0.25, 0.3) is 27.0 Å². The van der Waals surface area contributed by atoms with Crippen LogP contribution in [-0.2, 0) is 13.0 Å². The molecule has 0 atom stereocenters. The Labute approximate surface area is 252 Å². The number of fused-ring (bicyclic) bond motifs is 2. The fourth-order valence-electron chi connectivity index (χ4n) is 4.65. The third kappa shape index (κ3) is 5.34. The van der Waals surface area contributed by atoms with E-state index in [-0.39, 0.29) is 22.0 Å². The van der Waals surface area contributed by atoms with Gasteiger partial charge in [0.2, 0.25) is 0 Å². The van der Waals surface area contributed by atoms with Crippen molar-refractivity contribution in [1.82, 2.24) is 14.1 Å². The van der Waals surface area contributed by atoms with Crippen molar-refractivity contribution in [3.8, 4) is 11.4 Å². The Kier molecular flexibility index (Phi) is 7.88. The van der Waals surface area contributed by atoms with E-state index in [0.29, 0.717) is 49.7 Å². The minimum atomic E-state index is -0.711. The van der Waals surface area contributed by atoms with Gasteiger partial charge in [0.25, 0.3) is 5.56 Å². The summed E-state index contributed by atoms with van der Waals surface area (Å²) < 4.78 is 15.2. The Balaban J connectivity index is 1.43. The zero-order valence-electron chi connectivity index (χ0n) is 22.3. The lowest BCUT2D eigenvalue weighted by Crippen LogP contribution is -2.23. The van der Waals surface area contributed by atoms with Gasteiger partial charge in [-0.1, -0.05) is 83.8 Å². The molecule has 3 aromatic carbocycles. The zero-order chi connectivity index (χ0) is 29.2. The van der Waals surface area contributed by atoms with Gasteiger partial charge in [-0.15, -0.1) is 0 Å². The van der Waals surface area contributed by atoms with E-state index in [2.05, 4.69) is 0 Å². The molecule has 0 N–H and O–H groups in total. The molecule has 6 rings (SSSR count). The number of thiazole rings is 1. The average molecular weight is 614 g/mol. The molecule has 42 heavy (non-hydrogen) atoms. The molecule has 0 radical (unpaired) electrons. The Bertz CT molecular complexity index is 2130. The summed E-state index contributed by atoms with van der Waals surface area (Å²) in [4.78, 5) is 44.8. The maximum absolute atomic E-state index is 14.0. The lowest BCUT2D eigenvalue weighted by atomic mass is 10.1. The molecule has 0 unspecified atom stereocenters. The van der Waals surface area contributed by atoms with Gasteiger partial charge in [-0.05, 0) is 48.5 Å². The smallest absolute Gasteiger partial charge is 0.347 e. The summed E-state index contributed by atoms with van der Waals surface area (Å²) in [5.74, 6) is -0.117. The van der Waals surface area contributed by atoms with Crippen LogP contribution in [0.3, 0.4) is 0 Å². The Morgan fingerprint density at radius 2 is 1.76 bits per heavy atom. The lowest BCUT2D eigenvalue weighted by Gasteiger charge is -2.15. The molecule has 0 amide bonds. The summed E-state index contributed by atoms with van der Waals surface area (Å²) in [5.41, 5.74) is 1.38. The van der Waals surface area contributed by atoms with Gasteiger partial charge < -0.3 is 13.7 Å². The van der Waals surface area contributed by atoms with E-state index in [1.165, 1.54) is 29.1 Å². The van der Waals surface area contributed by atoms with Crippen molar-refractivity contribution >= 4 is 62.4 Å². The van der Waals surface area contributed by atoms with Crippen LogP contribution in [0.15, 0.2) is 104 Å². The number of para-hydroxylation sites is 3. The molecule has 0 bridgehead atoms. The molecule has 3 aromatic heterocycles. The molecule has 0 spiro atoms. The zero-order valence-corrected chi connectivity index (χ0v) is 24.8. The van der Waals surface area contributed by atoms with Crippen LogP contribution in [0.1, 0.15) is 15.9 Å². The molecule has 8 nitrogen and oxygen atoms in total. The molecule has 0 aliphatic rings. The first-order valence-corrected chi connectivity index (χ1v) is 15.2. The SMILES string of the molecule is COc1ccccc1-n1c(SCC(=O)c2cc3ccccc3oc2=O)nc2c(sc(=S)n2CCc2ccccc2)c1=O. The number of aryl methyl sites for hydroxylation is 2. The van der Waals surface area contributed by atoms with Crippen LogP contribution in [0.2, 0.25) is 0 Å². The summed E-state index contributed by atoms with van der Waals surface area (Å²) in [6, 6.07) is 25.6. The largest absolute Gasteiger partial charge is 0.495 e. The molecule has 11 heteroatoms. The van der Waals surface area contributed by atoms with Crippen molar-refractivity contribution in [3.05, 3.63) is 121 Å². The van der Waals surface area contributed by atoms with Gasteiger partial charge in [-0.2, -0.15) is 0 Å². The van der Waals surface area contributed by atoms with E-state index in [1.54, 1.807) is 48.5 Å². The number of rotatable bonds is 9. The molecule has 0 aliphatic heterocycles. The third-order valence-corrected chi connectivity index (χ3v) is 9.09. The van der Waals surface area contributed by atoms with Crippen molar-refractivity contribution in [2.45, 2.75) is 18.1 Å². The van der Waals surface area contributed by atoms with Gasteiger partial charge in [0, 0.05) is 11.9 Å². The molecule has 210 valence electrons. The monoisotopic (exact) mass is 613 g/mol. The van der Waals surface area contributed by atoms with Gasteiger partial charge in [0.15, 0.2) is 20.5 Å². The maximum atomic E-state index is 14.0. The number of Topliss-reactive ketones (excluding diaryl/α,β-unsaturated/α-hetero) is 1. The highest BCUT2D eigenvalue weighted by molar-refractivity contribution is 7.99. The average Bonchev–Trinajstić information content (AvgIpc) is 3.33. The van der Waals surface area contributed by atoms with Gasteiger partial charge in [0.1, 0.15) is 21.6 Å². The highest BCUT2D eigenvalue weighted by Gasteiger charge is 2.22. The first kappa shape index (κ1) is 27.8. The van der Waals surface area contributed by atoms with Crippen LogP contribution in [0.4, 0.5) is 0 Å². The molecule has 3 heterocycles. The maximum Gasteiger partial charge on any atom is 0.347 e. The summed E-state index contributed by atoms with van der Waals surface area (Å²) in [6.07, 6.45) is 0.705. The number of nitrogens with zero attached hydrogens (tertiary/aromatic N) is 3. The van der Waals surface area contributed by atoms with Crippen molar-refractivity contribution < 1.29 is 13.9 Å². The number of carbonyl (C=O) groups is 1. The quantitative estimate of drug-likeness (QED) is 0.0616. The Hall–Kier alpha value is -4.32. The standard InChI is InChI=1S/C31H23N3O5S3/c1-38-25-14-8-6-12-22(25)34-28(36)26-27(33(31(40)42-26)16-15-19-9-3-2-4-10-19)32-30(34)41-18-23(35)21-17-20-11-5-7-13-24(20)39-29(21)37/h2-14,17H,15-16,18H2,1H3. The van der Waals surface area contributed by atoms with E-state index in [0.717, 1.165) is 17.3 Å². The number of methoxy groups -OCH3 is 1.